The van der Waals surface area contributed by atoms with Crippen LogP contribution in [0.2, 0.25) is 16.6 Å². The third kappa shape index (κ3) is 3.84. The number of benzene rings is 2. The maximum absolute atomic E-state index is 11.2. The monoisotopic (exact) mass is 407 g/mol. The van der Waals surface area contributed by atoms with Crippen LogP contribution in [-0.4, -0.2) is 18.2 Å². The molecule has 0 amide bonds. The minimum atomic E-state index is -2.08. The highest BCUT2D eigenvalue weighted by molar-refractivity contribution is 6.93. The van der Waals surface area contributed by atoms with Crippen LogP contribution in [0.15, 0.2) is 65.1 Å². The van der Waals surface area contributed by atoms with E-state index < -0.39 is 14.2 Å². The first kappa shape index (κ1) is 21.5. The highest BCUT2D eigenvalue weighted by Crippen LogP contribution is 2.42. The van der Waals surface area contributed by atoms with E-state index in [1.165, 1.54) is 0 Å². The Kier molecular flexibility index (Phi) is 6.44. The van der Waals surface area contributed by atoms with Crippen LogP contribution < -0.4 is 5.51 Å². The summed E-state index contributed by atoms with van der Waals surface area (Å²) in [6, 6.07) is 19.7. The normalized spacial score (nSPS) is 13.4. The van der Waals surface area contributed by atoms with Gasteiger partial charge in [-0.25, -0.2) is 4.98 Å². The molecule has 29 heavy (non-hydrogen) atoms. The lowest BCUT2D eigenvalue weighted by Crippen LogP contribution is -2.56. The summed E-state index contributed by atoms with van der Waals surface area (Å²) in [5.41, 5.74) is 4.70. The van der Waals surface area contributed by atoms with Gasteiger partial charge in [-0.1, -0.05) is 102 Å². The van der Waals surface area contributed by atoms with E-state index in [1.54, 1.807) is 0 Å². The summed E-state index contributed by atoms with van der Waals surface area (Å²) >= 11 is 0. The molecule has 1 atom stereocenters. The van der Waals surface area contributed by atoms with Crippen LogP contribution in [-0.2, 0) is 0 Å². The van der Waals surface area contributed by atoms with E-state index in [0.717, 1.165) is 16.6 Å². The SMILES string of the molecule is CC(C)[Si](c1nc(C(O)c2ccccc2)c(-c2ccccc2)o1)(C(C)C)C(C)C. The lowest BCUT2D eigenvalue weighted by atomic mass is 10.0. The van der Waals surface area contributed by atoms with Gasteiger partial charge in [-0.15, -0.1) is 0 Å². The highest BCUT2D eigenvalue weighted by Gasteiger charge is 2.49. The largest absolute Gasteiger partial charge is 0.445 e. The summed E-state index contributed by atoms with van der Waals surface area (Å²) < 4.78 is 6.58. The quantitative estimate of drug-likeness (QED) is 0.467. The number of oxazole rings is 1. The Bertz CT molecular complexity index is 895. The molecule has 4 heteroatoms. The van der Waals surface area contributed by atoms with Crippen LogP contribution in [0.4, 0.5) is 0 Å². The van der Waals surface area contributed by atoms with Gasteiger partial charge < -0.3 is 9.52 Å². The van der Waals surface area contributed by atoms with Gasteiger partial charge in [0.1, 0.15) is 11.8 Å². The lowest BCUT2D eigenvalue weighted by Gasteiger charge is -2.39. The molecule has 0 spiro atoms. The summed E-state index contributed by atoms with van der Waals surface area (Å²) in [5, 5.41) is 11.2. The number of aliphatic hydroxyl groups excluding tert-OH is 1. The number of hydrogen-bond acceptors (Lipinski definition) is 3. The van der Waals surface area contributed by atoms with Crippen molar-refractivity contribution < 1.29 is 9.52 Å². The van der Waals surface area contributed by atoms with Crippen molar-refractivity contribution in [1.29, 1.82) is 0 Å². The Balaban J connectivity index is 2.24. The fraction of sp³-hybridized carbons (Fsp3) is 0.400. The zero-order valence-electron chi connectivity index (χ0n) is 18.4. The van der Waals surface area contributed by atoms with Crippen LogP contribution in [0.5, 0.6) is 0 Å². The Morgan fingerprint density at radius 3 is 1.72 bits per heavy atom. The molecule has 1 aromatic heterocycles. The number of aromatic nitrogens is 1. The first-order valence-electron chi connectivity index (χ1n) is 10.6. The molecular formula is C25H33NO2Si. The molecule has 0 bridgehead atoms. The van der Waals surface area contributed by atoms with Gasteiger partial charge in [0.2, 0.25) is 0 Å². The van der Waals surface area contributed by atoms with E-state index in [2.05, 4.69) is 41.5 Å². The molecule has 3 aromatic rings. The van der Waals surface area contributed by atoms with Crippen molar-refractivity contribution >= 4 is 13.6 Å². The summed E-state index contributed by atoms with van der Waals surface area (Å²) in [6.07, 6.45) is -0.818. The van der Waals surface area contributed by atoms with Gasteiger partial charge in [0.15, 0.2) is 19.3 Å². The molecule has 1 unspecified atom stereocenters. The average molecular weight is 408 g/mol. The Morgan fingerprint density at radius 2 is 1.24 bits per heavy atom. The first-order chi connectivity index (χ1) is 13.8. The van der Waals surface area contributed by atoms with Crippen LogP contribution >= 0.6 is 0 Å². The van der Waals surface area contributed by atoms with Crippen LogP contribution in [0.25, 0.3) is 11.3 Å². The van der Waals surface area contributed by atoms with Gasteiger partial charge >= 0.3 is 0 Å². The molecule has 0 saturated carbocycles. The van der Waals surface area contributed by atoms with E-state index >= 15 is 0 Å². The van der Waals surface area contributed by atoms with E-state index in [4.69, 9.17) is 9.40 Å². The molecule has 0 aliphatic carbocycles. The Hall–Kier alpha value is -2.17. The third-order valence-electron chi connectivity index (χ3n) is 6.30. The Morgan fingerprint density at radius 1 is 0.759 bits per heavy atom. The molecule has 0 fully saturated rings. The summed E-state index contributed by atoms with van der Waals surface area (Å²) in [4.78, 5) is 5.04. The number of nitrogens with zero attached hydrogens (tertiary/aromatic N) is 1. The first-order valence-corrected chi connectivity index (χ1v) is 12.8. The molecule has 0 saturated heterocycles. The van der Waals surface area contributed by atoms with Crippen molar-refractivity contribution in [3.05, 3.63) is 71.9 Å². The van der Waals surface area contributed by atoms with Crippen LogP contribution in [0.3, 0.4) is 0 Å². The van der Waals surface area contributed by atoms with Gasteiger partial charge in [-0.2, -0.15) is 0 Å². The third-order valence-corrected chi connectivity index (χ3v) is 13.0. The second-order valence-electron chi connectivity index (χ2n) is 8.81. The molecule has 2 aromatic carbocycles. The molecule has 3 rings (SSSR count). The summed E-state index contributed by atoms with van der Waals surface area (Å²) in [6.45, 7) is 13.8. The van der Waals surface area contributed by atoms with Crippen molar-refractivity contribution in [1.82, 2.24) is 4.98 Å². The molecule has 0 aliphatic heterocycles. The highest BCUT2D eigenvalue weighted by atomic mass is 28.3. The van der Waals surface area contributed by atoms with Crippen LogP contribution in [0.1, 0.15) is 58.9 Å². The molecule has 1 heterocycles. The fourth-order valence-electron chi connectivity index (χ4n) is 5.03. The van der Waals surface area contributed by atoms with E-state index in [9.17, 15) is 5.11 Å². The predicted octanol–water partition coefficient (Wildman–Crippen LogP) is 6.31. The molecular weight excluding hydrogens is 374 g/mol. The molecule has 0 aliphatic rings. The van der Waals surface area contributed by atoms with E-state index in [1.807, 2.05) is 60.7 Å². The average Bonchev–Trinajstić information content (AvgIpc) is 3.13. The summed E-state index contributed by atoms with van der Waals surface area (Å²) in [7, 11) is -2.08. The number of hydrogen-bond donors (Lipinski definition) is 1. The molecule has 154 valence electrons. The minimum Gasteiger partial charge on any atom is -0.445 e. The van der Waals surface area contributed by atoms with Gasteiger partial charge in [-0.3, -0.25) is 0 Å². The van der Waals surface area contributed by atoms with Gasteiger partial charge in [0.25, 0.3) is 0 Å². The molecule has 0 radical (unpaired) electrons. The standard InChI is InChI=1S/C25H33NO2Si/c1-17(2)29(18(3)4,19(5)6)25-26-22(23(27)20-13-9-7-10-14-20)24(28-25)21-15-11-8-12-16-21/h7-19,23,27H,1-6H3. The van der Waals surface area contributed by atoms with E-state index in [0.29, 0.717) is 28.1 Å². The van der Waals surface area contributed by atoms with Crippen LogP contribution in [0, 0.1) is 0 Å². The summed E-state index contributed by atoms with van der Waals surface area (Å²) in [5.74, 6) is 0.691. The second-order valence-corrected chi connectivity index (χ2v) is 14.6. The van der Waals surface area contributed by atoms with Crippen molar-refractivity contribution in [3.63, 3.8) is 0 Å². The predicted molar refractivity (Wildman–Crippen MR) is 123 cm³/mol. The maximum Gasteiger partial charge on any atom is 0.168 e. The van der Waals surface area contributed by atoms with Crippen molar-refractivity contribution in [2.24, 2.45) is 0 Å². The minimum absolute atomic E-state index is 0.478. The topological polar surface area (TPSA) is 46.3 Å². The maximum atomic E-state index is 11.2. The lowest BCUT2D eigenvalue weighted by molar-refractivity contribution is 0.216. The smallest absolute Gasteiger partial charge is 0.168 e. The Labute approximate surface area is 175 Å². The van der Waals surface area contributed by atoms with E-state index in [-0.39, 0.29) is 0 Å². The van der Waals surface area contributed by atoms with Gasteiger partial charge in [0.05, 0.1) is 0 Å². The van der Waals surface area contributed by atoms with Crippen molar-refractivity contribution in [2.45, 2.75) is 64.3 Å². The second kappa shape index (κ2) is 8.68. The van der Waals surface area contributed by atoms with Crippen molar-refractivity contribution in [3.8, 4) is 11.3 Å². The zero-order chi connectivity index (χ0) is 21.2. The fourth-order valence-corrected chi connectivity index (χ4v) is 11.1. The van der Waals surface area contributed by atoms with Gasteiger partial charge in [0, 0.05) is 5.56 Å². The molecule has 1 N–H and O–H groups in total. The number of rotatable bonds is 7. The zero-order valence-corrected chi connectivity index (χ0v) is 19.4. The van der Waals surface area contributed by atoms with Crippen molar-refractivity contribution in [2.75, 3.05) is 0 Å². The van der Waals surface area contributed by atoms with Gasteiger partial charge in [-0.05, 0) is 22.2 Å². The number of aliphatic hydroxyl groups is 1. The molecule has 3 nitrogen and oxygen atoms in total.